The van der Waals surface area contributed by atoms with Crippen molar-refractivity contribution in [2.24, 2.45) is 10.7 Å². The lowest BCUT2D eigenvalue weighted by Gasteiger charge is -2.33. The summed E-state index contributed by atoms with van der Waals surface area (Å²) in [5.41, 5.74) is 7.56. The van der Waals surface area contributed by atoms with Crippen molar-refractivity contribution in [2.75, 3.05) is 38.1 Å². The molecular weight excluding hydrogens is 397 g/mol. The zero-order valence-electron chi connectivity index (χ0n) is 16.7. The van der Waals surface area contributed by atoms with Crippen LogP contribution in [0.25, 0.3) is 0 Å². The fourth-order valence-electron chi connectivity index (χ4n) is 2.97. The van der Waals surface area contributed by atoms with E-state index in [1.807, 2.05) is 12.1 Å². The number of pyridine rings is 1. The molecule has 0 atom stereocenters. The van der Waals surface area contributed by atoms with Crippen LogP contribution in [0.5, 0.6) is 5.75 Å². The number of hydrogen-bond acceptors (Lipinski definition) is 5. The van der Waals surface area contributed by atoms with Gasteiger partial charge in [-0.1, -0.05) is 18.2 Å². The predicted octanol–water partition coefficient (Wildman–Crippen LogP) is 2.34. The van der Waals surface area contributed by atoms with Gasteiger partial charge in [0.2, 0.25) is 0 Å². The summed E-state index contributed by atoms with van der Waals surface area (Å²) in [6, 6.07) is 9.54. The summed E-state index contributed by atoms with van der Waals surface area (Å²) in [5.74, 6) is 0.939. The summed E-state index contributed by atoms with van der Waals surface area (Å²) in [6.45, 7) is 4.68. The summed E-state index contributed by atoms with van der Waals surface area (Å²) in [5, 5.41) is 2.94. The summed E-state index contributed by atoms with van der Waals surface area (Å²) < 4.78 is 40.4. The first-order chi connectivity index (χ1) is 14.3. The highest BCUT2D eigenvalue weighted by Crippen LogP contribution is 2.22. The molecule has 0 bridgehead atoms. The van der Waals surface area contributed by atoms with Gasteiger partial charge in [0.25, 0.3) is 0 Å². The number of ether oxygens (including phenoxy) is 1. The minimum Gasteiger partial charge on any atom is -0.406 e. The molecule has 0 radical (unpaired) electrons. The number of likely N-dealkylation sites (N-methyl/N-ethyl adjacent to an activating group) is 1. The minimum absolute atomic E-state index is 0.244. The highest BCUT2D eigenvalue weighted by molar-refractivity contribution is 5.77. The Morgan fingerprint density at radius 1 is 1.10 bits per heavy atom. The van der Waals surface area contributed by atoms with E-state index in [1.165, 1.54) is 24.3 Å². The number of guanidine groups is 1. The van der Waals surface area contributed by atoms with E-state index in [9.17, 15) is 13.2 Å². The van der Waals surface area contributed by atoms with Crippen LogP contribution in [-0.2, 0) is 13.1 Å². The number of hydrogen-bond donors (Lipinski definition) is 2. The van der Waals surface area contributed by atoms with Crippen molar-refractivity contribution in [1.29, 1.82) is 0 Å². The Morgan fingerprint density at radius 2 is 1.77 bits per heavy atom. The molecule has 3 rings (SSSR count). The van der Waals surface area contributed by atoms with E-state index in [2.05, 4.69) is 36.9 Å². The van der Waals surface area contributed by atoms with E-state index in [4.69, 9.17) is 5.73 Å². The molecule has 1 aliphatic heterocycles. The fourth-order valence-corrected chi connectivity index (χ4v) is 2.97. The van der Waals surface area contributed by atoms with Gasteiger partial charge in [-0.15, -0.1) is 13.2 Å². The number of aromatic nitrogens is 1. The molecule has 0 aliphatic carbocycles. The molecule has 2 heterocycles. The van der Waals surface area contributed by atoms with E-state index in [0.29, 0.717) is 13.1 Å². The first-order valence-corrected chi connectivity index (χ1v) is 9.55. The molecule has 1 fully saturated rings. The van der Waals surface area contributed by atoms with Gasteiger partial charge in [-0.05, 0) is 36.4 Å². The fraction of sp³-hybridized carbons (Fsp3) is 0.400. The van der Waals surface area contributed by atoms with Crippen LogP contribution < -0.4 is 20.7 Å². The minimum atomic E-state index is -4.70. The lowest BCUT2D eigenvalue weighted by Crippen LogP contribution is -2.44. The molecule has 1 aromatic heterocycles. The number of aliphatic imine (C=N–C) groups is 1. The molecule has 1 aromatic carbocycles. The Hall–Kier alpha value is -3.01. The number of nitrogens with zero attached hydrogens (tertiary/aromatic N) is 4. The maximum absolute atomic E-state index is 12.2. The van der Waals surface area contributed by atoms with Gasteiger partial charge in [-0.3, -0.25) is 0 Å². The standard InChI is InChI=1S/C20H25F3N6O/c1-28-8-10-29(11-9-28)18-7-4-16(13-25-18)14-27-19(24)26-12-15-2-5-17(6-3-15)30-20(21,22)23/h2-7,13H,8-12,14H2,1H3,(H3,24,26,27). The summed E-state index contributed by atoms with van der Waals surface area (Å²) in [6.07, 6.45) is -2.90. The Morgan fingerprint density at radius 3 is 2.37 bits per heavy atom. The SMILES string of the molecule is CN1CCN(c2ccc(CN=C(N)NCc3ccc(OC(F)(F)F)cc3)cn2)CC1. The number of alkyl halides is 3. The van der Waals surface area contributed by atoms with Crippen LogP contribution in [0.15, 0.2) is 47.6 Å². The second-order valence-corrected chi connectivity index (χ2v) is 7.06. The number of halogens is 3. The third kappa shape index (κ3) is 6.80. The Balaban J connectivity index is 1.46. The van der Waals surface area contributed by atoms with Crippen LogP contribution >= 0.6 is 0 Å². The number of anilines is 1. The van der Waals surface area contributed by atoms with Crippen molar-refractivity contribution >= 4 is 11.8 Å². The Bertz CT molecular complexity index is 831. The zero-order chi connectivity index (χ0) is 21.6. The second-order valence-electron chi connectivity index (χ2n) is 7.06. The van der Waals surface area contributed by atoms with Gasteiger partial charge in [0.05, 0.1) is 6.54 Å². The monoisotopic (exact) mass is 422 g/mol. The molecule has 7 nitrogen and oxygen atoms in total. The molecule has 2 aromatic rings. The summed E-state index contributed by atoms with van der Waals surface area (Å²) >= 11 is 0. The van der Waals surface area contributed by atoms with Gasteiger partial charge in [0, 0.05) is 38.9 Å². The van der Waals surface area contributed by atoms with Gasteiger partial charge >= 0.3 is 6.36 Å². The topological polar surface area (TPSA) is 79.0 Å². The molecule has 1 aliphatic rings. The molecule has 0 amide bonds. The van der Waals surface area contributed by atoms with Crippen LogP contribution in [0.1, 0.15) is 11.1 Å². The maximum Gasteiger partial charge on any atom is 0.573 e. The summed E-state index contributed by atoms with van der Waals surface area (Å²) in [7, 11) is 2.11. The molecule has 0 spiro atoms. The number of nitrogens with one attached hydrogen (secondary N) is 1. The summed E-state index contributed by atoms with van der Waals surface area (Å²) in [4.78, 5) is 13.3. The van der Waals surface area contributed by atoms with Crippen molar-refractivity contribution in [3.05, 3.63) is 53.7 Å². The molecule has 3 N–H and O–H groups in total. The van der Waals surface area contributed by atoms with E-state index in [0.717, 1.165) is 43.1 Å². The molecule has 0 saturated carbocycles. The molecule has 30 heavy (non-hydrogen) atoms. The molecule has 10 heteroatoms. The van der Waals surface area contributed by atoms with Crippen molar-refractivity contribution in [1.82, 2.24) is 15.2 Å². The predicted molar refractivity (Wildman–Crippen MR) is 109 cm³/mol. The molecular formula is C20H25F3N6O. The van der Waals surface area contributed by atoms with E-state index in [-0.39, 0.29) is 11.7 Å². The smallest absolute Gasteiger partial charge is 0.406 e. The van der Waals surface area contributed by atoms with Crippen molar-refractivity contribution in [3.63, 3.8) is 0 Å². The molecule has 0 unspecified atom stereocenters. The number of rotatable bonds is 6. The van der Waals surface area contributed by atoms with Gasteiger partial charge in [-0.2, -0.15) is 0 Å². The second kappa shape index (κ2) is 9.66. The molecule has 162 valence electrons. The third-order valence-electron chi connectivity index (χ3n) is 4.70. The number of benzene rings is 1. The Kier molecular flexibility index (Phi) is 6.99. The largest absolute Gasteiger partial charge is 0.573 e. The van der Waals surface area contributed by atoms with E-state index < -0.39 is 6.36 Å². The quantitative estimate of drug-likeness (QED) is 0.550. The average molecular weight is 422 g/mol. The first-order valence-electron chi connectivity index (χ1n) is 9.55. The van der Waals surface area contributed by atoms with Crippen LogP contribution in [0, 0.1) is 0 Å². The van der Waals surface area contributed by atoms with Crippen LogP contribution in [-0.4, -0.2) is 55.4 Å². The highest BCUT2D eigenvalue weighted by Gasteiger charge is 2.30. The van der Waals surface area contributed by atoms with Crippen LogP contribution in [0.2, 0.25) is 0 Å². The van der Waals surface area contributed by atoms with Gasteiger partial charge < -0.3 is 25.6 Å². The van der Waals surface area contributed by atoms with Crippen LogP contribution in [0.3, 0.4) is 0 Å². The van der Waals surface area contributed by atoms with E-state index >= 15 is 0 Å². The lowest BCUT2D eigenvalue weighted by molar-refractivity contribution is -0.274. The number of piperazine rings is 1. The van der Waals surface area contributed by atoms with Gasteiger partial charge in [0.1, 0.15) is 11.6 Å². The zero-order valence-corrected chi connectivity index (χ0v) is 16.7. The number of nitrogens with two attached hydrogens (primary N) is 1. The lowest BCUT2D eigenvalue weighted by atomic mass is 10.2. The Labute approximate surface area is 173 Å². The molecule has 1 saturated heterocycles. The van der Waals surface area contributed by atoms with Crippen molar-refractivity contribution in [3.8, 4) is 5.75 Å². The van der Waals surface area contributed by atoms with Gasteiger partial charge in [0.15, 0.2) is 5.96 Å². The first kappa shape index (κ1) is 21.7. The van der Waals surface area contributed by atoms with E-state index in [1.54, 1.807) is 6.20 Å². The van der Waals surface area contributed by atoms with Crippen LogP contribution in [0.4, 0.5) is 19.0 Å². The normalized spacial score (nSPS) is 15.9. The van der Waals surface area contributed by atoms with Crippen molar-refractivity contribution in [2.45, 2.75) is 19.5 Å². The van der Waals surface area contributed by atoms with Gasteiger partial charge in [-0.25, -0.2) is 9.98 Å². The highest BCUT2D eigenvalue weighted by atomic mass is 19.4. The third-order valence-corrected chi connectivity index (χ3v) is 4.70. The average Bonchev–Trinajstić information content (AvgIpc) is 2.72. The maximum atomic E-state index is 12.2. The van der Waals surface area contributed by atoms with Crippen molar-refractivity contribution < 1.29 is 17.9 Å².